The summed E-state index contributed by atoms with van der Waals surface area (Å²) in [6, 6.07) is 8.28. The fourth-order valence-electron chi connectivity index (χ4n) is 2.58. The Balaban J connectivity index is 2.08. The molecule has 0 unspecified atom stereocenters. The lowest BCUT2D eigenvalue weighted by Gasteiger charge is -2.20. The number of rotatable bonds is 8. The molecule has 1 aromatic rings. The molecule has 1 aliphatic rings. The van der Waals surface area contributed by atoms with Crippen LogP contribution in [0.2, 0.25) is 0 Å². The van der Waals surface area contributed by atoms with E-state index in [-0.39, 0.29) is 5.91 Å². The molecule has 24 heavy (non-hydrogen) atoms. The Morgan fingerprint density at radius 1 is 1.25 bits per heavy atom. The normalized spacial score (nSPS) is 16.3. The minimum absolute atomic E-state index is 0.00563. The highest BCUT2D eigenvalue weighted by Crippen LogP contribution is 2.32. The number of carbonyl (C=O) groups is 1. The van der Waals surface area contributed by atoms with E-state index in [1.54, 1.807) is 12.0 Å². The maximum absolute atomic E-state index is 12.5. The Morgan fingerprint density at radius 2 is 1.92 bits per heavy atom. The minimum atomic E-state index is -0.00563. The molecule has 130 valence electrons. The van der Waals surface area contributed by atoms with Gasteiger partial charge in [0, 0.05) is 39.0 Å². The summed E-state index contributed by atoms with van der Waals surface area (Å²) in [5.74, 6) is -0.00563. The number of methoxy groups -OCH3 is 1. The molecule has 0 N–H and O–H groups in total. The summed E-state index contributed by atoms with van der Waals surface area (Å²) in [7, 11) is 1.66. The van der Waals surface area contributed by atoms with E-state index in [0.29, 0.717) is 22.4 Å². The van der Waals surface area contributed by atoms with Crippen molar-refractivity contribution in [2.45, 2.75) is 20.3 Å². The van der Waals surface area contributed by atoms with E-state index in [1.165, 1.54) is 17.4 Å². The van der Waals surface area contributed by atoms with Gasteiger partial charge in [-0.15, -0.1) is 0 Å². The van der Waals surface area contributed by atoms with Gasteiger partial charge in [-0.05, 0) is 44.0 Å². The standard InChI is InChI=1S/C18H24N2O2S2/c1-4-19(5-2)15-9-7-14(8-10-15)13-16-17(21)20(18(23)24-16)11-6-12-22-3/h7-10,13H,4-6,11-12H2,1-3H3/b16-13+. The summed E-state index contributed by atoms with van der Waals surface area (Å²) in [5.41, 5.74) is 2.22. The predicted octanol–water partition coefficient (Wildman–Crippen LogP) is 3.77. The Bertz CT molecular complexity index is 610. The van der Waals surface area contributed by atoms with Crippen molar-refractivity contribution in [1.82, 2.24) is 4.90 Å². The lowest BCUT2D eigenvalue weighted by molar-refractivity contribution is -0.122. The van der Waals surface area contributed by atoms with E-state index in [1.807, 2.05) is 18.2 Å². The highest BCUT2D eigenvalue weighted by Gasteiger charge is 2.31. The largest absolute Gasteiger partial charge is 0.385 e. The number of thioether (sulfide) groups is 1. The van der Waals surface area contributed by atoms with Crippen LogP contribution >= 0.6 is 24.0 Å². The van der Waals surface area contributed by atoms with Crippen molar-refractivity contribution in [2.75, 3.05) is 38.3 Å². The van der Waals surface area contributed by atoms with Gasteiger partial charge in [0.25, 0.3) is 5.91 Å². The van der Waals surface area contributed by atoms with Crippen molar-refractivity contribution in [3.63, 3.8) is 0 Å². The Kier molecular flexibility index (Phi) is 7.27. The van der Waals surface area contributed by atoms with Gasteiger partial charge in [0.1, 0.15) is 4.32 Å². The first-order chi connectivity index (χ1) is 11.6. The summed E-state index contributed by atoms with van der Waals surface area (Å²) >= 11 is 6.70. The van der Waals surface area contributed by atoms with Crippen LogP contribution in [0.25, 0.3) is 6.08 Å². The molecule has 0 aliphatic carbocycles. The smallest absolute Gasteiger partial charge is 0.266 e. The monoisotopic (exact) mass is 364 g/mol. The molecule has 1 fully saturated rings. The first kappa shape index (κ1) is 19.0. The molecular weight excluding hydrogens is 340 g/mol. The maximum Gasteiger partial charge on any atom is 0.266 e. The van der Waals surface area contributed by atoms with Crippen LogP contribution in [0.15, 0.2) is 29.2 Å². The summed E-state index contributed by atoms with van der Waals surface area (Å²) in [6.45, 7) is 7.49. The Labute approximate surface area is 153 Å². The summed E-state index contributed by atoms with van der Waals surface area (Å²) < 4.78 is 5.66. The number of hydrogen-bond donors (Lipinski definition) is 0. The van der Waals surface area contributed by atoms with E-state index in [0.717, 1.165) is 25.1 Å². The molecule has 0 saturated carbocycles. The van der Waals surface area contributed by atoms with Crippen LogP contribution in [0.4, 0.5) is 5.69 Å². The molecule has 1 amide bonds. The third-order valence-electron chi connectivity index (χ3n) is 3.92. The molecule has 0 radical (unpaired) electrons. The van der Waals surface area contributed by atoms with Crippen LogP contribution in [-0.2, 0) is 9.53 Å². The number of carbonyl (C=O) groups excluding carboxylic acids is 1. The zero-order chi connectivity index (χ0) is 17.5. The zero-order valence-corrected chi connectivity index (χ0v) is 16.1. The second-order valence-electron chi connectivity index (χ2n) is 5.44. The van der Waals surface area contributed by atoms with Crippen LogP contribution in [0.3, 0.4) is 0 Å². The van der Waals surface area contributed by atoms with Gasteiger partial charge in [-0.3, -0.25) is 9.69 Å². The van der Waals surface area contributed by atoms with Crippen LogP contribution in [0.1, 0.15) is 25.8 Å². The number of ether oxygens (including phenoxy) is 1. The average molecular weight is 365 g/mol. The number of benzene rings is 1. The molecule has 0 spiro atoms. The number of thiocarbonyl (C=S) groups is 1. The number of nitrogens with zero attached hydrogens (tertiary/aromatic N) is 2. The van der Waals surface area contributed by atoms with Crippen LogP contribution in [0, 0.1) is 0 Å². The van der Waals surface area contributed by atoms with E-state index in [9.17, 15) is 4.79 Å². The zero-order valence-electron chi connectivity index (χ0n) is 14.4. The fourth-order valence-corrected chi connectivity index (χ4v) is 3.89. The van der Waals surface area contributed by atoms with Crippen molar-refractivity contribution in [3.05, 3.63) is 34.7 Å². The molecule has 1 heterocycles. The van der Waals surface area contributed by atoms with Gasteiger partial charge >= 0.3 is 0 Å². The van der Waals surface area contributed by atoms with Crippen LogP contribution < -0.4 is 4.90 Å². The first-order valence-corrected chi connectivity index (χ1v) is 9.42. The minimum Gasteiger partial charge on any atom is -0.385 e. The molecule has 4 nitrogen and oxygen atoms in total. The molecule has 0 aromatic heterocycles. The molecule has 1 aliphatic heterocycles. The quantitative estimate of drug-likeness (QED) is 0.398. The number of anilines is 1. The summed E-state index contributed by atoms with van der Waals surface area (Å²) in [4.78, 5) is 17.1. The van der Waals surface area contributed by atoms with Crippen molar-refractivity contribution in [3.8, 4) is 0 Å². The average Bonchev–Trinajstić information content (AvgIpc) is 2.85. The Hall–Kier alpha value is -1.37. The second-order valence-corrected chi connectivity index (χ2v) is 7.12. The van der Waals surface area contributed by atoms with Gasteiger partial charge in [-0.2, -0.15) is 0 Å². The lowest BCUT2D eigenvalue weighted by Crippen LogP contribution is -2.29. The SMILES string of the molecule is CCN(CC)c1ccc(/C=C2/SC(=S)N(CCCOC)C2=O)cc1. The first-order valence-electron chi connectivity index (χ1n) is 8.20. The van der Waals surface area contributed by atoms with E-state index in [4.69, 9.17) is 17.0 Å². The molecule has 0 atom stereocenters. The van der Waals surface area contributed by atoms with Gasteiger partial charge < -0.3 is 9.64 Å². The lowest BCUT2D eigenvalue weighted by atomic mass is 10.1. The number of hydrogen-bond acceptors (Lipinski definition) is 5. The highest BCUT2D eigenvalue weighted by atomic mass is 32.2. The molecule has 0 bridgehead atoms. The van der Waals surface area contributed by atoms with Crippen molar-refractivity contribution in [2.24, 2.45) is 0 Å². The number of amides is 1. The van der Waals surface area contributed by atoms with Crippen molar-refractivity contribution >= 4 is 46.0 Å². The molecule has 6 heteroatoms. The van der Waals surface area contributed by atoms with Gasteiger partial charge in [-0.25, -0.2) is 0 Å². The van der Waals surface area contributed by atoms with Crippen LogP contribution in [-0.4, -0.2) is 48.5 Å². The van der Waals surface area contributed by atoms with E-state index >= 15 is 0 Å². The van der Waals surface area contributed by atoms with Gasteiger partial charge in [-0.1, -0.05) is 36.1 Å². The van der Waals surface area contributed by atoms with Gasteiger partial charge in [0.15, 0.2) is 0 Å². The second kappa shape index (κ2) is 9.20. The van der Waals surface area contributed by atoms with Crippen molar-refractivity contribution in [1.29, 1.82) is 0 Å². The molecule has 1 saturated heterocycles. The van der Waals surface area contributed by atoms with Crippen LogP contribution in [0.5, 0.6) is 0 Å². The highest BCUT2D eigenvalue weighted by molar-refractivity contribution is 8.26. The predicted molar refractivity (Wildman–Crippen MR) is 106 cm³/mol. The van der Waals surface area contributed by atoms with Gasteiger partial charge in [0.2, 0.25) is 0 Å². The molecule has 1 aromatic carbocycles. The maximum atomic E-state index is 12.5. The third-order valence-corrected chi connectivity index (χ3v) is 5.30. The summed E-state index contributed by atoms with van der Waals surface area (Å²) in [6.07, 6.45) is 2.70. The van der Waals surface area contributed by atoms with Crippen molar-refractivity contribution < 1.29 is 9.53 Å². The summed E-state index contributed by atoms with van der Waals surface area (Å²) in [5, 5.41) is 0. The third kappa shape index (κ3) is 4.59. The topological polar surface area (TPSA) is 32.8 Å². The molecular formula is C18H24N2O2S2. The van der Waals surface area contributed by atoms with E-state index < -0.39 is 0 Å². The van der Waals surface area contributed by atoms with E-state index in [2.05, 4.69) is 30.9 Å². The van der Waals surface area contributed by atoms with Gasteiger partial charge in [0.05, 0.1) is 4.91 Å². The Morgan fingerprint density at radius 3 is 2.50 bits per heavy atom. The molecule has 2 rings (SSSR count). The fraction of sp³-hybridized carbons (Fsp3) is 0.444.